The molecule has 3 rings (SSSR count). The van der Waals surface area contributed by atoms with E-state index in [1.165, 1.54) is 0 Å². The topological polar surface area (TPSA) is 36.3 Å². The Balaban J connectivity index is 1.70. The van der Waals surface area contributed by atoms with Crippen molar-refractivity contribution in [2.24, 2.45) is 0 Å². The van der Waals surface area contributed by atoms with Crippen LogP contribution in [-0.4, -0.2) is 12.6 Å². The molecule has 1 aliphatic rings. The van der Waals surface area contributed by atoms with Crippen LogP contribution in [0.1, 0.15) is 24.8 Å². The molecular formula is C19H19ClN2O. The Bertz CT molecular complexity index is 711. The lowest BCUT2D eigenvalue weighted by Crippen LogP contribution is -2.28. The molecule has 1 fully saturated rings. The van der Waals surface area contributed by atoms with E-state index in [0.717, 1.165) is 41.4 Å². The number of nitrogens with zero attached hydrogens (tertiary/aromatic N) is 2. The quantitative estimate of drug-likeness (QED) is 0.791. The molecule has 2 aromatic carbocycles. The fourth-order valence-electron chi connectivity index (χ4n) is 3.02. The third kappa shape index (κ3) is 3.78. The van der Waals surface area contributed by atoms with Gasteiger partial charge in [-0.3, -0.25) is 0 Å². The molecule has 0 aromatic heterocycles. The average molecular weight is 327 g/mol. The van der Waals surface area contributed by atoms with E-state index in [9.17, 15) is 0 Å². The fraction of sp³-hybridized carbons (Fsp3) is 0.316. The first kappa shape index (κ1) is 15.7. The van der Waals surface area contributed by atoms with Crippen LogP contribution >= 0.6 is 11.6 Å². The van der Waals surface area contributed by atoms with Gasteiger partial charge in [0.2, 0.25) is 0 Å². The third-order valence-corrected chi connectivity index (χ3v) is 4.57. The smallest absolute Gasteiger partial charge is 0.121 e. The maximum Gasteiger partial charge on any atom is 0.121 e. The third-order valence-electron chi connectivity index (χ3n) is 4.21. The van der Waals surface area contributed by atoms with Gasteiger partial charge in [-0.05, 0) is 31.0 Å². The van der Waals surface area contributed by atoms with Crippen LogP contribution in [0.5, 0.6) is 5.75 Å². The minimum atomic E-state index is 0.318. The van der Waals surface area contributed by atoms with Crippen molar-refractivity contribution >= 4 is 17.3 Å². The van der Waals surface area contributed by atoms with Gasteiger partial charge in [0.15, 0.2) is 0 Å². The second kappa shape index (κ2) is 7.39. The van der Waals surface area contributed by atoms with Gasteiger partial charge >= 0.3 is 0 Å². The normalized spacial score (nSPS) is 17.0. The number of nitriles is 1. The van der Waals surface area contributed by atoms with Gasteiger partial charge in [0.25, 0.3) is 0 Å². The Kier molecular flexibility index (Phi) is 5.05. The largest absolute Gasteiger partial charge is 0.489 e. The molecule has 1 saturated heterocycles. The van der Waals surface area contributed by atoms with Crippen molar-refractivity contribution in [2.75, 3.05) is 11.4 Å². The summed E-state index contributed by atoms with van der Waals surface area (Å²) in [5.74, 6) is 0.824. The molecule has 2 aromatic rings. The number of ether oxygens (including phenoxy) is 1. The number of anilines is 1. The van der Waals surface area contributed by atoms with Crippen LogP contribution in [0.2, 0.25) is 5.02 Å². The number of rotatable bonds is 5. The molecule has 0 bridgehead atoms. The zero-order valence-corrected chi connectivity index (χ0v) is 13.7. The van der Waals surface area contributed by atoms with Crippen LogP contribution < -0.4 is 9.64 Å². The van der Waals surface area contributed by atoms with Crippen molar-refractivity contribution < 1.29 is 4.74 Å². The molecule has 0 radical (unpaired) electrons. The number of halogens is 1. The highest BCUT2D eigenvalue weighted by molar-refractivity contribution is 6.31. The van der Waals surface area contributed by atoms with E-state index >= 15 is 0 Å². The summed E-state index contributed by atoms with van der Waals surface area (Å²) in [6.45, 7) is 1.45. The Morgan fingerprint density at radius 1 is 1.22 bits per heavy atom. The Morgan fingerprint density at radius 2 is 2.09 bits per heavy atom. The minimum absolute atomic E-state index is 0.318. The Labute approximate surface area is 142 Å². The molecule has 0 amide bonds. The summed E-state index contributed by atoms with van der Waals surface area (Å²) in [5.41, 5.74) is 2.10. The van der Waals surface area contributed by atoms with Gasteiger partial charge in [-0.2, -0.15) is 5.26 Å². The van der Waals surface area contributed by atoms with Gasteiger partial charge in [0, 0.05) is 34.9 Å². The first-order valence-corrected chi connectivity index (χ1v) is 8.25. The fourth-order valence-corrected chi connectivity index (χ4v) is 3.21. The highest BCUT2D eigenvalue weighted by Crippen LogP contribution is 2.30. The standard InChI is InChI=1S/C19H19ClN2O/c20-19-9-2-1-5-15(19)14-23-18-8-3-6-17(13-18)22-12-4-7-16(22)10-11-21/h1-3,5-6,8-9,13,16H,4,7,10,12,14H2/t16-/m0/s1. The van der Waals surface area contributed by atoms with Gasteiger partial charge in [0.05, 0.1) is 12.5 Å². The first-order valence-electron chi connectivity index (χ1n) is 7.88. The van der Waals surface area contributed by atoms with E-state index in [0.29, 0.717) is 19.1 Å². The zero-order chi connectivity index (χ0) is 16.1. The summed E-state index contributed by atoms with van der Waals surface area (Å²) in [6, 6.07) is 18.4. The van der Waals surface area contributed by atoms with Crippen molar-refractivity contribution in [3.8, 4) is 11.8 Å². The molecule has 0 N–H and O–H groups in total. The van der Waals surface area contributed by atoms with Crippen LogP contribution in [-0.2, 0) is 6.61 Å². The van der Waals surface area contributed by atoms with Crippen molar-refractivity contribution in [1.29, 1.82) is 5.26 Å². The zero-order valence-electron chi connectivity index (χ0n) is 12.9. The summed E-state index contributed by atoms with van der Waals surface area (Å²) < 4.78 is 5.89. The van der Waals surface area contributed by atoms with Crippen LogP contribution in [0, 0.1) is 11.3 Å². The lowest BCUT2D eigenvalue weighted by molar-refractivity contribution is 0.306. The van der Waals surface area contributed by atoms with Gasteiger partial charge in [0.1, 0.15) is 12.4 Å². The number of hydrogen-bond acceptors (Lipinski definition) is 3. The molecule has 4 heteroatoms. The SMILES string of the molecule is N#CC[C@@H]1CCCN1c1cccc(OCc2ccccc2Cl)c1. The van der Waals surface area contributed by atoms with Crippen molar-refractivity contribution in [2.45, 2.75) is 31.9 Å². The molecule has 0 unspecified atom stereocenters. The highest BCUT2D eigenvalue weighted by atomic mass is 35.5. The monoisotopic (exact) mass is 326 g/mol. The summed E-state index contributed by atoms with van der Waals surface area (Å²) in [4.78, 5) is 2.31. The second-order valence-electron chi connectivity index (χ2n) is 5.73. The number of hydrogen-bond donors (Lipinski definition) is 0. The molecular weight excluding hydrogens is 308 g/mol. The van der Waals surface area contributed by atoms with Crippen LogP contribution in [0.15, 0.2) is 48.5 Å². The van der Waals surface area contributed by atoms with Gasteiger partial charge in [-0.15, -0.1) is 0 Å². The lowest BCUT2D eigenvalue weighted by Gasteiger charge is -2.25. The van der Waals surface area contributed by atoms with Gasteiger partial charge in [-0.25, -0.2) is 0 Å². The summed E-state index contributed by atoms with van der Waals surface area (Å²) >= 11 is 6.16. The van der Waals surface area contributed by atoms with Crippen LogP contribution in [0.3, 0.4) is 0 Å². The predicted molar refractivity (Wildman–Crippen MR) is 92.8 cm³/mol. The Hall–Kier alpha value is -2.18. The first-order chi connectivity index (χ1) is 11.3. The molecule has 23 heavy (non-hydrogen) atoms. The molecule has 1 heterocycles. The van der Waals surface area contributed by atoms with Crippen LogP contribution in [0.25, 0.3) is 0 Å². The van der Waals surface area contributed by atoms with E-state index in [2.05, 4.69) is 17.0 Å². The molecule has 118 valence electrons. The molecule has 1 atom stereocenters. The second-order valence-corrected chi connectivity index (χ2v) is 6.14. The van der Waals surface area contributed by atoms with Gasteiger partial charge < -0.3 is 9.64 Å². The van der Waals surface area contributed by atoms with Crippen LogP contribution in [0.4, 0.5) is 5.69 Å². The van der Waals surface area contributed by atoms with E-state index in [-0.39, 0.29) is 0 Å². The predicted octanol–water partition coefficient (Wildman–Crippen LogP) is 4.80. The van der Waals surface area contributed by atoms with Crippen molar-refractivity contribution in [1.82, 2.24) is 0 Å². The van der Waals surface area contributed by atoms with E-state index in [1.807, 2.05) is 42.5 Å². The highest BCUT2D eigenvalue weighted by Gasteiger charge is 2.24. The van der Waals surface area contributed by atoms with E-state index in [4.69, 9.17) is 21.6 Å². The summed E-state index contributed by atoms with van der Waals surface area (Å²) in [7, 11) is 0. The molecule has 1 aliphatic heterocycles. The minimum Gasteiger partial charge on any atom is -0.489 e. The lowest BCUT2D eigenvalue weighted by atomic mass is 10.1. The van der Waals surface area contributed by atoms with Gasteiger partial charge in [-0.1, -0.05) is 35.9 Å². The average Bonchev–Trinajstić information content (AvgIpc) is 3.03. The van der Waals surface area contributed by atoms with E-state index < -0.39 is 0 Å². The number of benzene rings is 2. The summed E-state index contributed by atoms with van der Waals surface area (Å²) in [6.07, 6.45) is 2.79. The Morgan fingerprint density at radius 3 is 2.91 bits per heavy atom. The summed E-state index contributed by atoms with van der Waals surface area (Å²) in [5, 5.41) is 9.69. The molecule has 3 nitrogen and oxygen atoms in total. The van der Waals surface area contributed by atoms with Crippen molar-refractivity contribution in [3.05, 3.63) is 59.1 Å². The molecule has 0 saturated carbocycles. The molecule has 0 spiro atoms. The van der Waals surface area contributed by atoms with Crippen molar-refractivity contribution in [3.63, 3.8) is 0 Å². The maximum atomic E-state index is 8.97. The maximum absolute atomic E-state index is 8.97. The molecule has 0 aliphatic carbocycles. The van der Waals surface area contributed by atoms with E-state index in [1.54, 1.807) is 0 Å².